The van der Waals surface area contributed by atoms with E-state index in [0.29, 0.717) is 18.7 Å². The minimum Gasteiger partial charge on any atom is -0.380 e. The van der Waals surface area contributed by atoms with Crippen LogP contribution in [0.4, 0.5) is 0 Å². The molecule has 0 fully saturated rings. The number of nitrogens with zero attached hydrogens (tertiary/aromatic N) is 1. The molecule has 0 radical (unpaired) electrons. The van der Waals surface area contributed by atoms with E-state index >= 15 is 0 Å². The highest BCUT2D eigenvalue weighted by Gasteiger charge is 2.12. The summed E-state index contributed by atoms with van der Waals surface area (Å²) in [6.45, 7) is 1.09. The monoisotopic (exact) mass is 319 g/mol. The van der Waals surface area contributed by atoms with Crippen molar-refractivity contribution in [3.63, 3.8) is 0 Å². The summed E-state index contributed by atoms with van der Waals surface area (Å²) in [6.07, 6.45) is 0. The summed E-state index contributed by atoms with van der Waals surface area (Å²) >= 11 is 0. The van der Waals surface area contributed by atoms with Crippen molar-refractivity contribution in [2.45, 2.75) is 13.2 Å². The number of ether oxygens (including phenoxy) is 1. The number of carbonyl (C=O) groups excluding carboxylic acids is 1. The first-order chi connectivity index (χ1) is 11.7. The van der Waals surface area contributed by atoms with Gasteiger partial charge in [0.05, 0.1) is 6.61 Å². The van der Waals surface area contributed by atoms with Gasteiger partial charge in [0.15, 0.2) is 0 Å². The van der Waals surface area contributed by atoms with Gasteiger partial charge >= 0.3 is 0 Å². The Hall–Kier alpha value is -2.65. The van der Waals surface area contributed by atoms with E-state index in [0.717, 1.165) is 11.1 Å². The Kier molecular flexibility index (Phi) is 4.92. The van der Waals surface area contributed by atoms with E-state index in [9.17, 15) is 4.79 Å². The van der Waals surface area contributed by atoms with Crippen LogP contribution in [-0.4, -0.2) is 25.0 Å². The van der Waals surface area contributed by atoms with Crippen LogP contribution < -0.4 is 0 Å². The molecule has 3 rings (SSSR count). The van der Waals surface area contributed by atoms with Gasteiger partial charge in [-0.1, -0.05) is 48.5 Å². The molecule has 0 bridgehead atoms. The average Bonchev–Trinajstić information content (AvgIpc) is 2.61. The minimum absolute atomic E-state index is 0.0149. The normalized spacial score (nSPS) is 10.8. The van der Waals surface area contributed by atoms with Gasteiger partial charge in [-0.3, -0.25) is 4.79 Å². The van der Waals surface area contributed by atoms with Gasteiger partial charge in [-0.05, 0) is 40.1 Å². The lowest BCUT2D eigenvalue weighted by Crippen LogP contribution is -2.26. The molecule has 0 saturated carbocycles. The molecular formula is C21H21NO2. The van der Waals surface area contributed by atoms with Gasteiger partial charge in [-0.15, -0.1) is 0 Å². The molecule has 0 N–H and O–H groups in total. The standard InChI is InChI=1S/C21H21NO2/c1-22(21(23)20-9-5-6-17(13-20)15-24-2)14-16-10-11-18-7-3-4-8-19(18)12-16/h3-13H,14-15H2,1-2H3. The van der Waals surface area contributed by atoms with Crippen LogP contribution in [0, 0.1) is 0 Å². The van der Waals surface area contributed by atoms with Gasteiger partial charge in [0.1, 0.15) is 0 Å². The number of hydrogen-bond acceptors (Lipinski definition) is 2. The Labute approximate surface area is 142 Å². The number of hydrogen-bond donors (Lipinski definition) is 0. The summed E-state index contributed by atoms with van der Waals surface area (Å²) in [7, 11) is 3.49. The first kappa shape index (κ1) is 16.2. The third-order valence-corrected chi connectivity index (χ3v) is 4.07. The van der Waals surface area contributed by atoms with Crippen LogP contribution in [0.15, 0.2) is 66.7 Å². The molecule has 3 heteroatoms. The summed E-state index contributed by atoms with van der Waals surface area (Å²) in [5.74, 6) is 0.0149. The van der Waals surface area contributed by atoms with Crippen molar-refractivity contribution in [3.8, 4) is 0 Å². The van der Waals surface area contributed by atoms with Crippen molar-refractivity contribution >= 4 is 16.7 Å². The van der Waals surface area contributed by atoms with Gasteiger partial charge in [-0.25, -0.2) is 0 Å². The van der Waals surface area contributed by atoms with Crippen molar-refractivity contribution in [2.24, 2.45) is 0 Å². The lowest BCUT2D eigenvalue weighted by Gasteiger charge is -2.18. The van der Waals surface area contributed by atoms with Gasteiger partial charge in [0, 0.05) is 26.3 Å². The Morgan fingerprint density at radius 3 is 2.50 bits per heavy atom. The quantitative estimate of drug-likeness (QED) is 0.703. The number of fused-ring (bicyclic) bond motifs is 1. The number of benzene rings is 3. The number of amides is 1. The highest BCUT2D eigenvalue weighted by atomic mass is 16.5. The fourth-order valence-corrected chi connectivity index (χ4v) is 2.86. The molecule has 0 aliphatic carbocycles. The zero-order valence-electron chi connectivity index (χ0n) is 14.0. The fraction of sp³-hybridized carbons (Fsp3) is 0.190. The van der Waals surface area contributed by atoms with Crippen LogP contribution in [0.5, 0.6) is 0 Å². The molecule has 0 heterocycles. The third-order valence-electron chi connectivity index (χ3n) is 4.07. The van der Waals surface area contributed by atoms with Crippen LogP contribution >= 0.6 is 0 Å². The Balaban J connectivity index is 1.76. The molecule has 0 aliphatic rings. The van der Waals surface area contributed by atoms with E-state index in [1.807, 2.05) is 43.4 Å². The summed E-state index contributed by atoms with van der Waals surface area (Å²) in [5.41, 5.74) is 2.81. The average molecular weight is 319 g/mol. The number of rotatable bonds is 5. The van der Waals surface area contributed by atoms with Crippen molar-refractivity contribution in [2.75, 3.05) is 14.2 Å². The lowest BCUT2D eigenvalue weighted by atomic mass is 10.1. The van der Waals surface area contributed by atoms with E-state index in [2.05, 4.69) is 30.3 Å². The van der Waals surface area contributed by atoms with Gasteiger partial charge in [0.25, 0.3) is 5.91 Å². The highest BCUT2D eigenvalue weighted by molar-refractivity contribution is 5.94. The second-order valence-corrected chi connectivity index (χ2v) is 5.98. The second kappa shape index (κ2) is 7.28. The maximum atomic E-state index is 12.7. The summed E-state index contributed by atoms with van der Waals surface area (Å²) in [5, 5.41) is 2.40. The van der Waals surface area contributed by atoms with Crippen molar-refractivity contribution in [3.05, 3.63) is 83.4 Å². The zero-order chi connectivity index (χ0) is 16.9. The molecule has 1 amide bonds. The molecule has 0 saturated heterocycles. The molecule has 0 unspecified atom stereocenters. The zero-order valence-corrected chi connectivity index (χ0v) is 14.0. The molecule has 24 heavy (non-hydrogen) atoms. The van der Waals surface area contributed by atoms with Gasteiger partial charge < -0.3 is 9.64 Å². The smallest absolute Gasteiger partial charge is 0.253 e. The second-order valence-electron chi connectivity index (χ2n) is 5.98. The molecule has 3 aromatic carbocycles. The maximum Gasteiger partial charge on any atom is 0.253 e. The predicted molar refractivity (Wildman–Crippen MR) is 96.9 cm³/mol. The van der Waals surface area contributed by atoms with Crippen molar-refractivity contribution in [1.82, 2.24) is 4.90 Å². The SMILES string of the molecule is COCc1cccc(C(=O)N(C)Cc2ccc3ccccc3c2)c1. The topological polar surface area (TPSA) is 29.5 Å². The largest absolute Gasteiger partial charge is 0.380 e. The van der Waals surface area contributed by atoms with Crippen LogP contribution in [0.25, 0.3) is 10.8 Å². The van der Waals surface area contributed by atoms with Gasteiger partial charge in [0.2, 0.25) is 0 Å². The van der Waals surface area contributed by atoms with E-state index in [1.165, 1.54) is 10.8 Å². The summed E-state index contributed by atoms with van der Waals surface area (Å²) in [6, 6.07) is 22.2. The van der Waals surface area contributed by atoms with Crippen molar-refractivity contribution < 1.29 is 9.53 Å². The first-order valence-corrected chi connectivity index (χ1v) is 7.98. The molecule has 0 aromatic heterocycles. The maximum absolute atomic E-state index is 12.7. The molecule has 0 spiro atoms. The molecule has 0 atom stereocenters. The van der Waals surface area contributed by atoms with E-state index in [4.69, 9.17) is 4.74 Å². The molecule has 3 nitrogen and oxygen atoms in total. The number of methoxy groups -OCH3 is 1. The molecule has 3 aromatic rings. The Bertz CT molecular complexity index is 857. The van der Waals surface area contributed by atoms with Gasteiger partial charge in [-0.2, -0.15) is 0 Å². The Morgan fingerprint density at radius 2 is 1.71 bits per heavy atom. The summed E-state index contributed by atoms with van der Waals surface area (Å²) in [4.78, 5) is 14.4. The van der Waals surface area contributed by atoms with Crippen molar-refractivity contribution in [1.29, 1.82) is 0 Å². The van der Waals surface area contributed by atoms with Crippen LogP contribution in [-0.2, 0) is 17.9 Å². The molecule has 122 valence electrons. The van der Waals surface area contributed by atoms with E-state index in [1.54, 1.807) is 12.0 Å². The van der Waals surface area contributed by atoms with E-state index < -0.39 is 0 Å². The predicted octanol–water partition coefficient (Wildman–Crippen LogP) is 4.26. The third kappa shape index (κ3) is 3.63. The summed E-state index contributed by atoms with van der Waals surface area (Å²) < 4.78 is 5.13. The fourth-order valence-electron chi connectivity index (χ4n) is 2.86. The number of carbonyl (C=O) groups is 1. The molecule has 0 aliphatic heterocycles. The minimum atomic E-state index is 0.0149. The first-order valence-electron chi connectivity index (χ1n) is 7.98. The van der Waals surface area contributed by atoms with Crippen LogP contribution in [0.3, 0.4) is 0 Å². The van der Waals surface area contributed by atoms with Crippen LogP contribution in [0.2, 0.25) is 0 Å². The molecular weight excluding hydrogens is 298 g/mol. The Morgan fingerprint density at radius 1 is 0.917 bits per heavy atom. The lowest BCUT2D eigenvalue weighted by molar-refractivity contribution is 0.0785. The van der Waals surface area contributed by atoms with Crippen LogP contribution in [0.1, 0.15) is 21.5 Å². The highest BCUT2D eigenvalue weighted by Crippen LogP contribution is 2.17. The van der Waals surface area contributed by atoms with E-state index in [-0.39, 0.29) is 5.91 Å².